The first kappa shape index (κ1) is 25.6. The van der Waals surface area contributed by atoms with Crippen molar-refractivity contribution in [1.29, 1.82) is 0 Å². The minimum Gasteiger partial charge on any atom is -0.390 e. The Morgan fingerprint density at radius 3 is 2.59 bits per heavy atom. The van der Waals surface area contributed by atoms with Gasteiger partial charge in [-0.15, -0.1) is 0 Å². The van der Waals surface area contributed by atoms with Gasteiger partial charge >= 0.3 is 0 Å². The van der Waals surface area contributed by atoms with Gasteiger partial charge in [-0.3, -0.25) is 9.59 Å². The predicted octanol–water partition coefficient (Wildman–Crippen LogP) is 1.88. The van der Waals surface area contributed by atoms with E-state index in [-0.39, 0.29) is 32.2 Å². The molecule has 0 unspecified atom stereocenters. The molecule has 3 saturated carbocycles. The molecule has 0 heterocycles. The van der Waals surface area contributed by atoms with Crippen molar-refractivity contribution in [1.82, 2.24) is 0 Å². The summed E-state index contributed by atoms with van der Waals surface area (Å²) in [7, 11) is 2.86. The number of hydrogen-bond acceptors (Lipinski definition) is 8. The summed E-state index contributed by atoms with van der Waals surface area (Å²) in [5.41, 5.74) is -5.72. The van der Waals surface area contributed by atoms with Crippen molar-refractivity contribution in [2.75, 3.05) is 34.4 Å². The fourth-order valence-electron chi connectivity index (χ4n) is 7.37. The van der Waals surface area contributed by atoms with Gasteiger partial charge in [0.25, 0.3) is 0 Å². The zero-order valence-corrected chi connectivity index (χ0v) is 20.2. The highest BCUT2D eigenvalue weighted by molar-refractivity contribution is 6.01. The summed E-state index contributed by atoms with van der Waals surface area (Å²) in [6.07, 6.45) is 2.96. The van der Waals surface area contributed by atoms with E-state index >= 15 is 4.39 Å². The van der Waals surface area contributed by atoms with Crippen LogP contribution in [-0.4, -0.2) is 79.7 Å². The molecule has 34 heavy (non-hydrogen) atoms. The number of aliphatic hydroxyl groups excluding tert-OH is 1. The second kappa shape index (κ2) is 8.87. The van der Waals surface area contributed by atoms with Gasteiger partial charge in [-0.25, -0.2) is 4.39 Å². The number of carbonyl (C=O) groups excluding carboxylic acids is 2. The van der Waals surface area contributed by atoms with Crippen LogP contribution < -0.4 is 0 Å². The van der Waals surface area contributed by atoms with Crippen LogP contribution in [0, 0.1) is 22.7 Å². The summed E-state index contributed by atoms with van der Waals surface area (Å²) in [6, 6.07) is 0. The Bertz CT molecular complexity index is 903. The van der Waals surface area contributed by atoms with Gasteiger partial charge in [0.05, 0.1) is 12.2 Å². The van der Waals surface area contributed by atoms with Gasteiger partial charge in [0.1, 0.15) is 20.2 Å². The van der Waals surface area contributed by atoms with Crippen molar-refractivity contribution < 1.29 is 43.1 Å². The molecule has 0 bridgehead atoms. The molecule has 0 radical (unpaired) electrons. The van der Waals surface area contributed by atoms with Gasteiger partial charge < -0.3 is 29.2 Å². The molecule has 0 amide bonds. The topological polar surface area (TPSA) is 112 Å². The highest BCUT2D eigenvalue weighted by Crippen LogP contribution is 2.70. The van der Waals surface area contributed by atoms with Crippen LogP contribution in [0.3, 0.4) is 0 Å². The quantitative estimate of drug-likeness (QED) is 0.399. The predicted molar refractivity (Wildman–Crippen MR) is 118 cm³/mol. The lowest BCUT2D eigenvalue weighted by atomic mass is 9.44. The molecule has 8 nitrogen and oxygen atoms in total. The normalized spacial score (nSPS) is 45.4. The van der Waals surface area contributed by atoms with E-state index in [0.29, 0.717) is 18.4 Å². The summed E-state index contributed by atoms with van der Waals surface area (Å²) in [5.74, 6) is -1.89. The fourth-order valence-corrected chi connectivity index (χ4v) is 7.37. The Balaban J connectivity index is 1.75. The Kier molecular flexibility index (Phi) is 6.68. The average Bonchev–Trinajstić information content (AvgIpc) is 3.01. The van der Waals surface area contributed by atoms with E-state index in [9.17, 15) is 19.8 Å². The minimum atomic E-state index is -2.06. The lowest BCUT2D eigenvalue weighted by Gasteiger charge is -2.62. The molecule has 0 aromatic heterocycles. The number of alkyl halides is 1. The van der Waals surface area contributed by atoms with Crippen LogP contribution in [0.2, 0.25) is 0 Å². The Morgan fingerprint density at radius 1 is 1.21 bits per heavy atom. The van der Waals surface area contributed by atoms with Crippen LogP contribution in [0.25, 0.3) is 0 Å². The van der Waals surface area contributed by atoms with Crippen LogP contribution in [0.1, 0.15) is 39.5 Å². The molecular weight excluding hydrogens is 447 g/mol. The molecule has 4 aliphatic rings. The van der Waals surface area contributed by atoms with Crippen LogP contribution in [0.15, 0.2) is 23.8 Å². The second-order valence-corrected chi connectivity index (χ2v) is 10.5. The third kappa shape index (κ3) is 3.32. The molecule has 0 aliphatic heterocycles. The van der Waals surface area contributed by atoms with E-state index in [4.69, 9.17) is 18.9 Å². The summed E-state index contributed by atoms with van der Waals surface area (Å²) in [6.45, 7) is 2.78. The number of fused-ring (bicyclic) bond motifs is 5. The van der Waals surface area contributed by atoms with E-state index < -0.39 is 58.5 Å². The lowest BCUT2D eigenvalue weighted by molar-refractivity contribution is -0.228. The summed E-state index contributed by atoms with van der Waals surface area (Å²) >= 11 is 0. The van der Waals surface area contributed by atoms with Gasteiger partial charge in [0.2, 0.25) is 0 Å². The Morgan fingerprint density at radius 2 is 1.91 bits per heavy atom. The van der Waals surface area contributed by atoms with Crippen molar-refractivity contribution >= 4 is 11.6 Å². The smallest absolute Gasteiger partial charge is 0.193 e. The van der Waals surface area contributed by atoms with Gasteiger partial charge in [-0.1, -0.05) is 18.6 Å². The first-order valence-corrected chi connectivity index (χ1v) is 11.7. The van der Waals surface area contributed by atoms with Crippen molar-refractivity contribution in [2.24, 2.45) is 22.7 Å². The minimum absolute atomic E-state index is 0.122. The van der Waals surface area contributed by atoms with Crippen LogP contribution in [0.5, 0.6) is 0 Å². The number of methoxy groups -OCH3 is 2. The monoisotopic (exact) mass is 482 g/mol. The van der Waals surface area contributed by atoms with Crippen LogP contribution in [-0.2, 0) is 28.5 Å². The molecule has 9 heteroatoms. The highest BCUT2D eigenvalue weighted by Gasteiger charge is 2.76. The first-order valence-electron chi connectivity index (χ1n) is 11.7. The molecule has 0 aromatic carbocycles. The highest BCUT2D eigenvalue weighted by atomic mass is 19.1. The number of hydrogen-bond donors (Lipinski definition) is 2. The number of rotatable bonds is 8. The third-order valence-electron chi connectivity index (χ3n) is 9.08. The lowest BCUT2D eigenvalue weighted by Crippen LogP contribution is -2.70. The molecule has 3 fully saturated rings. The van der Waals surface area contributed by atoms with Gasteiger partial charge in [0.15, 0.2) is 22.8 Å². The summed E-state index contributed by atoms with van der Waals surface area (Å²) < 4.78 is 38.1. The van der Waals surface area contributed by atoms with Crippen molar-refractivity contribution in [3.05, 3.63) is 23.8 Å². The van der Waals surface area contributed by atoms with Gasteiger partial charge in [-0.05, 0) is 50.7 Å². The summed E-state index contributed by atoms with van der Waals surface area (Å²) in [5, 5.41) is 23.3. The second-order valence-electron chi connectivity index (χ2n) is 10.5. The molecule has 0 saturated heterocycles. The molecule has 0 spiro atoms. The molecular formula is C25H35FO8. The molecule has 4 rings (SSSR count). The number of Topliss-reactive ketones (excluding diaryl/α,β-unsaturated/α-hetero) is 1. The van der Waals surface area contributed by atoms with Crippen LogP contribution in [0.4, 0.5) is 4.39 Å². The number of aliphatic hydroxyl groups is 2. The van der Waals surface area contributed by atoms with E-state index in [1.807, 2.05) is 0 Å². The Hall–Kier alpha value is -1.49. The molecule has 0 aromatic rings. The largest absolute Gasteiger partial charge is 0.390 e. The number of ketones is 2. The van der Waals surface area contributed by atoms with Gasteiger partial charge in [-0.2, -0.15) is 0 Å². The molecule has 190 valence electrons. The summed E-state index contributed by atoms with van der Waals surface area (Å²) in [4.78, 5) is 25.3. The maximum absolute atomic E-state index is 17.2. The van der Waals surface area contributed by atoms with Crippen LogP contribution >= 0.6 is 0 Å². The SMILES string of the molecule is COCOCC(=O)[C@@]1(O)[C@H](OCOC)C[C@H]2[C@@H]3CCC4=CC(=O)C=C[C@]4(C)[C@@]3(F)[C@@H](O)C[C@@]21C. The van der Waals surface area contributed by atoms with Crippen molar-refractivity contribution in [3.8, 4) is 0 Å². The Labute approximate surface area is 199 Å². The molecule has 8 atom stereocenters. The zero-order valence-electron chi connectivity index (χ0n) is 20.2. The number of halogens is 1. The zero-order chi connectivity index (χ0) is 24.9. The molecule has 4 aliphatic carbocycles. The van der Waals surface area contributed by atoms with E-state index in [2.05, 4.69) is 0 Å². The number of allylic oxidation sites excluding steroid dienone is 4. The standard InChI is InChI=1S/C25H35FO8/c1-22-8-7-16(27)9-15(22)5-6-17-18-10-21(34-14-32-4)25(30,20(29)12-33-13-31-3)23(18,2)11-19(28)24(17,22)26/h7-9,17-19,21,28,30H,5-6,10-14H2,1-4H3/t17-,18-,19-,21+,22-,23-,24-,25+/m0/s1. The van der Waals surface area contributed by atoms with Gasteiger partial charge in [0, 0.05) is 31.0 Å². The maximum atomic E-state index is 17.2. The van der Waals surface area contributed by atoms with E-state index in [0.717, 1.165) is 0 Å². The van der Waals surface area contributed by atoms with E-state index in [1.165, 1.54) is 26.4 Å². The average molecular weight is 483 g/mol. The number of ether oxygens (including phenoxy) is 4. The molecule has 2 N–H and O–H groups in total. The van der Waals surface area contributed by atoms with Crippen molar-refractivity contribution in [2.45, 2.75) is 63.0 Å². The first-order chi connectivity index (χ1) is 16.0. The number of carbonyl (C=O) groups is 2. The fraction of sp³-hybridized carbons (Fsp3) is 0.760. The van der Waals surface area contributed by atoms with E-state index in [1.54, 1.807) is 19.9 Å². The third-order valence-corrected chi connectivity index (χ3v) is 9.08. The van der Waals surface area contributed by atoms with Crippen molar-refractivity contribution in [3.63, 3.8) is 0 Å². The maximum Gasteiger partial charge on any atom is 0.193 e.